The lowest BCUT2D eigenvalue weighted by Gasteiger charge is -2.41. The number of aliphatic hydroxyl groups is 2. The minimum atomic E-state index is -4.89. The maximum Gasteiger partial charge on any atom is 0.435 e. The van der Waals surface area contributed by atoms with Gasteiger partial charge in [-0.1, -0.05) is 23.7 Å². The summed E-state index contributed by atoms with van der Waals surface area (Å²) in [6, 6.07) is 2.71. The van der Waals surface area contributed by atoms with Crippen molar-refractivity contribution in [3.63, 3.8) is 0 Å². The third kappa shape index (κ3) is 4.74. The lowest BCUT2D eigenvalue weighted by molar-refractivity contribution is -0.196. The molecule has 222 valence electrons. The zero-order chi connectivity index (χ0) is 30.1. The topological polar surface area (TPSA) is 120 Å². The molecule has 2 aliphatic heterocycles. The van der Waals surface area contributed by atoms with E-state index >= 15 is 0 Å². The van der Waals surface area contributed by atoms with Crippen LogP contribution in [0.15, 0.2) is 36.8 Å². The van der Waals surface area contributed by atoms with Crippen molar-refractivity contribution in [3.8, 4) is 16.8 Å². The number of hydrogen-bond donors (Lipinski definition) is 2. The third-order valence-electron chi connectivity index (χ3n) is 7.28. The summed E-state index contributed by atoms with van der Waals surface area (Å²) in [7, 11) is 0. The molecule has 16 heteroatoms. The van der Waals surface area contributed by atoms with E-state index in [0.717, 1.165) is 16.9 Å². The lowest BCUT2D eigenvalue weighted by atomic mass is 9.91. The summed E-state index contributed by atoms with van der Waals surface area (Å²) in [4.78, 5) is 7.69. The molecular formula is C26H22ClF5N6O4. The number of fused-ring (bicyclic) bond motifs is 1. The zero-order valence-electron chi connectivity index (χ0n) is 21.8. The van der Waals surface area contributed by atoms with Crippen molar-refractivity contribution < 1.29 is 41.6 Å². The molecule has 0 spiro atoms. The fourth-order valence-electron chi connectivity index (χ4n) is 5.33. The van der Waals surface area contributed by atoms with Crippen molar-refractivity contribution >= 4 is 11.6 Å². The zero-order valence-corrected chi connectivity index (χ0v) is 22.6. The van der Waals surface area contributed by atoms with E-state index in [1.807, 2.05) is 0 Å². The van der Waals surface area contributed by atoms with E-state index in [1.165, 1.54) is 43.1 Å². The Morgan fingerprint density at radius 2 is 1.83 bits per heavy atom. The highest BCUT2D eigenvalue weighted by atomic mass is 35.5. The van der Waals surface area contributed by atoms with Gasteiger partial charge in [0.2, 0.25) is 0 Å². The molecule has 10 nitrogen and oxygen atoms in total. The number of halogens is 6. The molecule has 2 saturated heterocycles. The summed E-state index contributed by atoms with van der Waals surface area (Å²) in [6.07, 6.45) is -7.62. The normalized spacial score (nSPS) is 26.0. The molecule has 6 atom stereocenters. The SMILES string of the molecule is Cc1nc([C@@H]2OC3C(O)CO[C@@H]3C(n3cc(-c4ccc(C)c(F)c4F)cn3)[C@@H]2O)n(-c2cc(Cl)cnc2C(F)(F)F)n1. The van der Waals surface area contributed by atoms with Crippen LogP contribution in [-0.2, 0) is 15.7 Å². The van der Waals surface area contributed by atoms with Gasteiger partial charge in [0.1, 0.15) is 42.4 Å². The van der Waals surface area contributed by atoms with E-state index in [2.05, 4.69) is 20.2 Å². The average Bonchev–Trinajstić information content (AvgIpc) is 3.65. The first-order valence-electron chi connectivity index (χ1n) is 12.6. The van der Waals surface area contributed by atoms with Crippen LogP contribution >= 0.6 is 11.6 Å². The van der Waals surface area contributed by atoms with Gasteiger partial charge in [-0.3, -0.25) is 4.68 Å². The van der Waals surface area contributed by atoms with Gasteiger partial charge >= 0.3 is 6.18 Å². The number of aliphatic hydroxyl groups excluding tert-OH is 2. The fourth-order valence-corrected chi connectivity index (χ4v) is 5.49. The molecule has 0 amide bonds. The summed E-state index contributed by atoms with van der Waals surface area (Å²) in [6.45, 7) is 2.69. The number of aryl methyl sites for hydroxylation is 2. The molecule has 3 aromatic heterocycles. The van der Waals surface area contributed by atoms with Crippen molar-refractivity contribution in [2.75, 3.05) is 6.61 Å². The number of rotatable bonds is 4. The molecule has 0 saturated carbocycles. The molecule has 5 heterocycles. The first-order chi connectivity index (χ1) is 19.8. The van der Waals surface area contributed by atoms with Gasteiger partial charge in [0.15, 0.2) is 23.2 Å². The second kappa shape index (κ2) is 10.3. The van der Waals surface area contributed by atoms with Gasteiger partial charge in [-0.2, -0.15) is 23.4 Å². The lowest BCUT2D eigenvalue weighted by Crippen LogP contribution is -2.52. The predicted molar refractivity (Wildman–Crippen MR) is 135 cm³/mol. The van der Waals surface area contributed by atoms with Crippen molar-refractivity contribution in [1.29, 1.82) is 0 Å². The number of pyridine rings is 1. The highest BCUT2D eigenvalue weighted by Gasteiger charge is 2.55. The minimum Gasteiger partial charge on any atom is -0.388 e. The quantitative estimate of drug-likeness (QED) is 0.333. The van der Waals surface area contributed by atoms with Crippen LogP contribution in [0.25, 0.3) is 16.8 Å². The smallest absolute Gasteiger partial charge is 0.388 e. The first kappa shape index (κ1) is 28.6. The maximum absolute atomic E-state index is 14.7. The van der Waals surface area contributed by atoms with Crippen molar-refractivity contribution in [1.82, 2.24) is 29.5 Å². The molecule has 3 unspecified atom stereocenters. The van der Waals surface area contributed by atoms with Crippen LogP contribution in [-0.4, -0.2) is 70.8 Å². The predicted octanol–water partition coefficient (Wildman–Crippen LogP) is 3.89. The van der Waals surface area contributed by atoms with Crippen molar-refractivity contribution in [2.45, 2.75) is 56.6 Å². The Bertz CT molecular complexity index is 1660. The minimum absolute atomic E-state index is 0.0500. The fraction of sp³-hybridized carbons (Fsp3) is 0.385. The Labute approximate surface area is 239 Å². The number of aromatic nitrogens is 6. The first-order valence-corrected chi connectivity index (χ1v) is 13.0. The Kier molecular flexibility index (Phi) is 7.05. The van der Waals surface area contributed by atoms with E-state index in [4.69, 9.17) is 21.1 Å². The molecule has 0 radical (unpaired) electrons. The van der Waals surface area contributed by atoms with Gasteiger partial charge in [0.25, 0.3) is 0 Å². The molecule has 4 aromatic rings. The summed E-state index contributed by atoms with van der Waals surface area (Å²) < 4.78 is 84.5. The van der Waals surface area contributed by atoms with Gasteiger partial charge < -0.3 is 19.7 Å². The van der Waals surface area contributed by atoms with Gasteiger partial charge in [-0.15, -0.1) is 0 Å². The molecule has 2 fully saturated rings. The van der Waals surface area contributed by atoms with Crippen LogP contribution in [0.5, 0.6) is 0 Å². The molecule has 42 heavy (non-hydrogen) atoms. The number of alkyl halides is 3. The maximum atomic E-state index is 14.7. The van der Waals surface area contributed by atoms with Crippen LogP contribution < -0.4 is 0 Å². The highest BCUT2D eigenvalue weighted by molar-refractivity contribution is 6.30. The van der Waals surface area contributed by atoms with E-state index < -0.39 is 65.8 Å². The highest BCUT2D eigenvalue weighted by Crippen LogP contribution is 2.44. The standard InChI is InChI=1S/C26H22ClF5N6O4/c1-10-3-4-14(18(29)17(10)28)12-6-34-37(8-12)19-20(40)23(42-21-16(39)9-41-22(19)21)25-35-11(2)36-38(25)15-5-13(27)7-33-24(15)26(30,31)32/h3-8,16,19-23,39-40H,9H2,1-2H3/t16?,19?,20-,21?,22+,23+/m0/s1. The van der Waals surface area contributed by atoms with Gasteiger partial charge in [0.05, 0.1) is 23.5 Å². The van der Waals surface area contributed by atoms with Crippen LogP contribution in [0, 0.1) is 25.5 Å². The Hall–Kier alpha value is -3.50. The monoisotopic (exact) mass is 612 g/mol. The Morgan fingerprint density at radius 3 is 2.57 bits per heavy atom. The van der Waals surface area contributed by atoms with E-state index in [1.54, 1.807) is 0 Å². The number of ether oxygens (including phenoxy) is 2. The number of nitrogens with zero attached hydrogens (tertiary/aromatic N) is 6. The molecular weight excluding hydrogens is 591 g/mol. The Morgan fingerprint density at radius 1 is 1.07 bits per heavy atom. The molecule has 6 rings (SSSR count). The summed E-state index contributed by atoms with van der Waals surface area (Å²) in [5, 5.41) is 30.5. The second-order valence-electron chi connectivity index (χ2n) is 10.1. The number of hydrogen-bond acceptors (Lipinski definition) is 8. The summed E-state index contributed by atoms with van der Waals surface area (Å²) >= 11 is 5.98. The summed E-state index contributed by atoms with van der Waals surface area (Å²) in [5.74, 6) is -2.27. The largest absolute Gasteiger partial charge is 0.435 e. The van der Waals surface area contributed by atoms with Crippen LogP contribution in [0.3, 0.4) is 0 Å². The van der Waals surface area contributed by atoms with Gasteiger partial charge in [-0.05, 0) is 25.5 Å². The van der Waals surface area contributed by atoms with E-state index in [9.17, 15) is 32.2 Å². The third-order valence-corrected chi connectivity index (χ3v) is 7.49. The summed E-state index contributed by atoms with van der Waals surface area (Å²) in [5.41, 5.74) is -1.62. The molecule has 2 N–H and O–H groups in total. The number of benzene rings is 1. The molecule has 1 aromatic carbocycles. The molecule has 0 aliphatic carbocycles. The second-order valence-corrected chi connectivity index (χ2v) is 10.5. The van der Waals surface area contributed by atoms with Gasteiger partial charge in [0, 0.05) is 23.5 Å². The van der Waals surface area contributed by atoms with Crippen molar-refractivity contribution in [3.05, 3.63) is 76.4 Å². The van der Waals surface area contributed by atoms with Crippen LogP contribution in [0.2, 0.25) is 5.02 Å². The van der Waals surface area contributed by atoms with E-state index in [-0.39, 0.29) is 40.0 Å². The molecule has 0 bridgehead atoms. The Balaban J connectivity index is 1.44. The average molecular weight is 613 g/mol. The van der Waals surface area contributed by atoms with Gasteiger partial charge in [-0.25, -0.2) is 23.4 Å². The van der Waals surface area contributed by atoms with Crippen LogP contribution in [0.1, 0.15) is 35.1 Å². The molecule has 2 aliphatic rings. The van der Waals surface area contributed by atoms with E-state index in [0.29, 0.717) is 0 Å². The van der Waals surface area contributed by atoms with Crippen LogP contribution in [0.4, 0.5) is 22.0 Å². The van der Waals surface area contributed by atoms with Crippen molar-refractivity contribution in [2.24, 2.45) is 0 Å².